The summed E-state index contributed by atoms with van der Waals surface area (Å²) in [4.78, 5) is 18.3. The zero-order chi connectivity index (χ0) is 26.0. The van der Waals surface area contributed by atoms with Crippen molar-refractivity contribution < 1.29 is 19.0 Å². The molecule has 0 aromatic heterocycles. The summed E-state index contributed by atoms with van der Waals surface area (Å²) in [5.74, 6) is 1.54. The number of benzene rings is 2. The summed E-state index contributed by atoms with van der Waals surface area (Å²) in [6.07, 6.45) is 4.23. The number of hydrogen-bond acceptors (Lipinski definition) is 5. The Morgan fingerprint density at radius 1 is 1.00 bits per heavy atom. The number of amides is 1. The number of ether oxygens (including phenoxy) is 3. The number of aryl methyl sites for hydroxylation is 1. The molecule has 2 heterocycles. The van der Waals surface area contributed by atoms with Crippen molar-refractivity contribution in [3.05, 3.63) is 65.2 Å². The van der Waals surface area contributed by atoms with Gasteiger partial charge < -0.3 is 24.0 Å². The highest BCUT2D eigenvalue weighted by Crippen LogP contribution is 2.22. The molecular weight excluding hydrogens is 500 g/mol. The molecule has 4 rings (SSSR count). The summed E-state index contributed by atoms with van der Waals surface area (Å²) < 4.78 is 17.2. The molecule has 0 spiro atoms. The Labute approximate surface area is 235 Å². The first-order valence-electron chi connectivity index (χ1n) is 14.0. The average Bonchev–Trinajstić information content (AvgIpc) is 2.92. The van der Waals surface area contributed by atoms with Crippen LogP contribution in [0.2, 0.25) is 0 Å². The lowest BCUT2D eigenvalue weighted by molar-refractivity contribution is -0.182. The van der Waals surface area contributed by atoms with E-state index in [1.165, 1.54) is 11.1 Å². The molecule has 1 amide bonds. The average molecular weight is 545 g/mol. The number of likely N-dealkylation sites (tertiary alicyclic amines) is 1. The molecule has 0 bridgehead atoms. The second-order valence-corrected chi connectivity index (χ2v) is 10.9. The lowest BCUT2D eigenvalue weighted by atomic mass is 10.00. The van der Waals surface area contributed by atoms with E-state index in [-0.39, 0.29) is 30.6 Å². The third-order valence-corrected chi connectivity index (χ3v) is 7.23. The first kappa shape index (κ1) is 30.4. The first-order chi connectivity index (χ1) is 18.0. The molecule has 38 heavy (non-hydrogen) atoms. The maximum Gasteiger partial charge on any atom is 0.227 e. The second-order valence-electron chi connectivity index (χ2n) is 10.9. The third kappa shape index (κ3) is 9.57. The van der Waals surface area contributed by atoms with E-state index in [4.69, 9.17) is 14.2 Å². The molecule has 0 saturated carbocycles. The van der Waals surface area contributed by atoms with Gasteiger partial charge in [-0.25, -0.2) is 0 Å². The molecule has 2 aliphatic heterocycles. The van der Waals surface area contributed by atoms with E-state index in [2.05, 4.69) is 54.8 Å². The van der Waals surface area contributed by atoms with E-state index in [9.17, 15) is 4.79 Å². The van der Waals surface area contributed by atoms with Gasteiger partial charge >= 0.3 is 0 Å². The molecule has 2 fully saturated rings. The maximum atomic E-state index is 13.6. The molecule has 2 aromatic carbocycles. The molecule has 0 radical (unpaired) electrons. The zero-order valence-corrected chi connectivity index (χ0v) is 24.1. The molecular formula is C31H45ClN2O4. The van der Waals surface area contributed by atoms with Crippen LogP contribution in [-0.2, 0) is 27.2 Å². The van der Waals surface area contributed by atoms with Gasteiger partial charge in [-0.3, -0.25) is 4.79 Å². The third-order valence-electron chi connectivity index (χ3n) is 7.23. The molecule has 2 saturated heterocycles. The fourth-order valence-corrected chi connectivity index (χ4v) is 5.00. The first-order valence-corrected chi connectivity index (χ1v) is 14.0. The van der Waals surface area contributed by atoms with Crippen molar-refractivity contribution in [2.75, 3.05) is 39.5 Å². The van der Waals surface area contributed by atoms with Crippen LogP contribution in [0, 0.1) is 12.8 Å². The van der Waals surface area contributed by atoms with Crippen LogP contribution in [0.25, 0.3) is 0 Å². The number of nitrogens with zero attached hydrogens (tertiary/aromatic N) is 2. The highest BCUT2D eigenvalue weighted by atomic mass is 35.5. The van der Waals surface area contributed by atoms with Crippen LogP contribution in [0.15, 0.2) is 48.5 Å². The summed E-state index contributed by atoms with van der Waals surface area (Å²) in [6.45, 7) is 12.3. The monoisotopic (exact) mass is 544 g/mol. The van der Waals surface area contributed by atoms with Crippen LogP contribution in [0.3, 0.4) is 0 Å². The van der Waals surface area contributed by atoms with Gasteiger partial charge in [0.05, 0.1) is 26.2 Å². The van der Waals surface area contributed by atoms with Gasteiger partial charge in [0.25, 0.3) is 0 Å². The minimum atomic E-state index is -0.0618. The van der Waals surface area contributed by atoms with Crippen molar-refractivity contribution in [2.24, 2.45) is 5.92 Å². The van der Waals surface area contributed by atoms with E-state index in [0.717, 1.165) is 69.8 Å². The van der Waals surface area contributed by atoms with Crippen LogP contribution < -0.4 is 4.74 Å². The molecule has 0 N–H and O–H groups in total. The number of rotatable bonds is 11. The molecule has 6 nitrogen and oxygen atoms in total. The van der Waals surface area contributed by atoms with Gasteiger partial charge in [-0.1, -0.05) is 55.8 Å². The van der Waals surface area contributed by atoms with Crippen molar-refractivity contribution in [3.8, 4) is 5.75 Å². The highest BCUT2D eigenvalue weighted by Gasteiger charge is 2.28. The van der Waals surface area contributed by atoms with Crippen LogP contribution in [-0.4, -0.2) is 67.5 Å². The maximum absolute atomic E-state index is 13.6. The molecule has 0 unspecified atom stereocenters. The van der Waals surface area contributed by atoms with E-state index in [0.29, 0.717) is 25.5 Å². The fraction of sp³-hybridized carbons (Fsp3) is 0.581. The van der Waals surface area contributed by atoms with Crippen LogP contribution >= 0.6 is 12.4 Å². The minimum Gasteiger partial charge on any atom is -0.493 e. The number of carbonyl (C=O) groups is 1. The molecule has 0 atom stereocenters. The smallest absolute Gasteiger partial charge is 0.227 e. The van der Waals surface area contributed by atoms with Crippen molar-refractivity contribution >= 4 is 18.3 Å². The molecule has 2 aliphatic rings. The van der Waals surface area contributed by atoms with E-state index < -0.39 is 0 Å². The number of halogens is 1. The molecule has 2 aromatic rings. The van der Waals surface area contributed by atoms with E-state index >= 15 is 0 Å². The van der Waals surface area contributed by atoms with Gasteiger partial charge in [-0.2, -0.15) is 0 Å². The van der Waals surface area contributed by atoms with Crippen molar-refractivity contribution in [1.82, 2.24) is 9.80 Å². The van der Waals surface area contributed by atoms with Gasteiger partial charge in [-0.15, -0.1) is 12.4 Å². The van der Waals surface area contributed by atoms with Gasteiger partial charge in [0, 0.05) is 38.6 Å². The fourth-order valence-electron chi connectivity index (χ4n) is 5.00. The summed E-state index contributed by atoms with van der Waals surface area (Å²) in [5.41, 5.74) is 3.45. The van der Waals surface area contributed by atoms with E-state index in [1.54, 1.807) is 0 Å². The Morgan fingerprint density at radius 3 is 2.26 bits per heavy atom. The van der Waals surface area contributed by atoms with Crippen LogP contribution in [0.1, 0.15) is 56.2 Å². The van der Waals surface area contributed by atoms with E-state index in [1.807, 2.05) is 24.3 Å². The summed E-state index contributed by atoms with van der Waals surface area (Å²) >= 11 is 0. The van der Waals surface area contributed by atoms with Crippen LogP contribution in [0.5, 0.6) is 5.75 Å². The zero-order valence-electron chi connectivity index (χ0n) is 23.3. The Bertz CT molecular complexity index is 953. The topological polar surface area (TPSA) is 51.2 Å². The Balaban J connectivity index is 0.00000400. The predicted octanol–water partition coefficient (Wildman–Crippen LogP) is 5.64. The predicted molar refractivity (Wildman–Crippen MR) is 154 cm³/mol. The van der Waals surface area contributed by atoms with Crippen molar-refractivity contribution in [2.45, 2.75) is 71.8 Å². The molecule has 7 heteroatoms. The van der Waals surface area contributed by atoms with Crippen molar-refractivity contribution in [3.63, 3.8) is 0 Å². The molecule has 0 aliphatic carbocycles. The summed E-state index contributed by atoms with van der Waals surface area (Å²) in [5, 5.41) is 0. The van der Waals surface area contributed by atoms with Gasteiger partial charge in [-0.05, 0) is 55.4 Å². The standard InChI is InChI=1S/C31H44N2O4.ClH/c1-24(2)23-37-29-11-9-26(10-12-29)21-30(34)33(22-27-7-5-25(3)6-8-27)28-13-16-32(17-14-28)18-15-31-35-19-4-20-36-31;/h5-12,24,28,31H,4,13-23H2,1-3H3;1H. The Hall–Kier alpha value is -2.12. The Morgan fingerprint density at radius 2 is 1.63 bits per heavy atom. The quantitative estimate of drug-likeness (QED) is 0.366. The summed E-state index contributed by atoms with van der Waals surface area (Å²) in [6, 6.07) is 16.8. The molecule has 210 valence electrons. The lowest BCUT2D eigenvalue weighted by Crippen LogP contribution is -2.48. The number of carbonyl (C=O) groups excluding carboxylic acids is 1. The summed E-state index contributed by atoms with van der Waals surface area (Å²) in [7, 11) is 0. The second kappa shape index (κ2) is 15.5. The Kier molecular flexibility index (Phi) is 12.4. The number of hydrogen-bond donors (Lipinski definition) is 0. The number of piperidine rings is 1. The normalized spacial score (nSPS) is 17.3. The van der Waals surface area contributed by atoms with Gasteiger partial charge in [0.2, 0.25) is 5.91 Å². The van der Waals surface area contributed by atoms with Crippen LogP contribution in [0.4, 0.5) is 0 Å². The van der Waals surface area contributed by atoms with Crippen molar-refractivity contribution in [1.29, 1.82) is 0 Å². The van der Waals surface area contributed by atoms with Gasteiger partial charge in [0.15, 0.2) is 6.29 Å². The SMILES string of the molecule is Cc1ccc(CN(C(=O)Cc2ccc(OCC(C)C)cc2)C2CCN(CCC3OCCCO3)CC2)cc1.Cl. The largest absolute Gasteiger partial charge is 0.493 e. The minimum absolute atomic E-state index is 0. The lowest BCUT2D eigenvalue weighted by Gasteiger charge is -2.39. The van der Waals surface area contributed by atoms with Gasteiger partial charge in [0.1, 0.15) is 5.75 Å². The highest BCUT2D eigenvalue weighted by molar-refractivity contribution is 5.85.